The van der Waals surface area contributed by atoms with E-state index in [1.54, 1.807) is 0 Å². The first-order valence-electron chi connectivity index (χ1n) is 12.7. The molecule has 0 fully saturated rings. The molecule has 4 rings (SSSR count). The maximum Gasteiger partial charge on any atom is 0.262 e. The molecule has 0 saturated heterocycles. The topological polar surface area (TPSA) is 109 Å². The molecule has 2 aromatic carbocycles. The second-order valence-electron chi connectivity index (χ2n) is 9.41. The molecule has 0 spiro atoms. The maximum absolute atomic E-state index is 13.5. The Morgan fingerprint density at radius 2 is 0.972 bits per heavy atom. The van der Waals surface area contributed by atoms with Crippen LogP contribution in [0.2, 0.25) is 0 Å². The Bertz CT molecular complexity index is 1200. The first kappa shape index (κ1) is 25.4. The Labute approximate surface area is 209 Å². The molecule has 36 heavy (non-hydrogen) atoms. The zero-order valence-electron chi connectivity index (χ0n) is 20.7. The van der Waals surface area contributed by atoms with Crippen LogP contribution in [0.15, 0.2) is 12.1 Å². The molecule has 0 aromatic heterocycles. The third-order valence-corrected chi connectivity index (χ3v) is 7.06. The minimum Gasteiger partial charge on any atom is -0.298 e. The zero-order valence-corrected chi connectivity index (χ0v) is 20.7. The largest absolute Gasteiger partial charge is 0.298 e. The summed E-state index contributed by atoms with van der Waals surface area (Å²) < 4.78 is 0. The van der Waals surface area contributed by atoms with Crippen LogP contribution in [0.5, 0.6) is 0 Å². The van der Waals surface area contributed by atoms with Gasteiger partial charge in [-0.15, -0.1) is 0 Å². The van der Waals surface area contributed by atoms with Crippen LogP contribution in [0.25, 0.3) is 10.8 Å². The summed E-state index contributed by atoms with van der Waals surface area (Å²) in [6, 6.07) is 2.65. The van der Waals surface area contributed by atoms with Gasteiger partial charge in [0.1, 0.15) is 0 Å². The fourth-order valence-corrected chi connectivity index (χ4v) is 5.21. The molecule has 188 valence electrons. The summed E-state index contributed by atoms with van der Waals surface area (Å²) in [5.41, 5.74) is 0.112. The van der Waals surface area contributed by atoms with Crippen molar-refractivity contribution in [3.8, 4) is 0 Å². The third kappa shape index (κ3) is 4.04. The van der Waals surface area contributed by atoms with E-state index in [-0.39, 0.29) is 57.2 Å². The summed E-state index contributed by atoms with van der Waals surface area (Å²) in [6.45, 7) is 4.47. The van der Waals surface area contributed by atoms with Gasteiger partial charge in [-0.05, 0) is 25.0 Å². The molecule has 8 nitrogen and oxygen atoms in total. The number of benzene rings is 2. The average molecular weight is 491 g/mol. The van der Waals surface area contributed by atoms with Gasteiger partial charge in [-0.3, -0.25) is 38.6 Å². The molecular weight excluding hydrogens is 460 g/mol. The van der Waals surface area contributed by atoms with E-state index >= 15 is 0 Å². The highest BCUT2D eigenvalue weighted by Crippen LogP contribution is 2.40. The zero-order chi connectivity index (χ0) is 26.0. The maximum atomic E-state index is 13.5. The lowest BCUT2D eigenvalue weighted by Crippen LogP contribution is -2.44. The van der Waals surface area contributed by atoms with Gasteiger partial charge in [0.15, 0.2) is 12.6 Å². The van der Waals surface area contributed by atoms with E-state index in [4.69, 9.17) is 0 Å². The number of carbonyl (C=O) groups is 6. The van der Waals surface area contributed by atoms with Crippen LogP contribution in [0.4, 0.5) is 0 Å². The minimum atomic E-state index is -0.621. The van der Waals surface area contributed by atoms with Gasteiger partial charge in [-0.2, -0.15) is 0 Å². The Morgan fingerprint density at radius 1 is 0.583 bits per heavy atom. The quantitative estimate of drug-likeness (QED) is 0.240. The van der Waals surface area contributed by atoms with Crippen molar-refractivity contribution < 1.29 is 28.8 Å². The average Bonchev–Trinajstić information content (AvgIpc) is 2.88. The van der Waals surface area contributed by atoms with Crippen molar-refractivity contribution >= 4 is 47.0 Å². The number of unbranched alkanes of at least 4 members (excludes halogenated alkanes) is 6. The molecule has 0 bridgehead atoms. The number of rotatable bonds is 12. The fraction of sp³-hybridized carbons (Fsp3) is 0.429. The predicted molar refractivity (Wildman–Crippen MR) is 134 cm³/mol. The van der Waals surface area contributed by atoms with E-state index in [9.17, 15) is 28.8 Å². The predicted octanol–water partition coefficient (Wildman–Crippen LogP) is 4.82. The van der Waals surface area contributed by atoms with Crippen molar-refractivity contribution in [2.75, 3.05) is 13.1 Å². The van der Waals surface area contributed by atoms with E-state index in [0.717, 1.165) is 48.3 Å². The molecule has 0 radical (unpaired) electrons. The summed E-state index contributed by atoms with van der Waals surface area (Å²) in [5.74, 6) is -2.42. The molecule has 2 aliphatic heterocycles. The minimum absolute atomic E-state index is 0.00420. The van der Waals surface area contributed by atoms with Crippen LogP contribution in [0.3, 0.4) is 0 Å². The number of carbonyl (C=O) groups excluding carboxylic acids is 6. The lowest BCUT2D eigenvalue weighted by Gasteiger charge is -2.33. The Kier molecular flexibility index (Phi) is 7.43. The summed E-state index contributed by atoms with van der Waals surface area (Å²) >= 11 is 0. The standard InChI is InChI=1S/C28H30N2O6/c1-3-5-7-9-11-29-25(33)19-13-18(16-32)22-24-20(14-17(15-31)21(23(19)24)27(29)35)26(34)30(28(22)36)12-10-8-6-4-2/h13-16H,3-12H2,1-2H3. The first-order chi connectivity index (χ1) is 17.4. The molecule has 0 saturated carbocycles. The van der Waals surface area contributed by atoms with Crippen molar-refractivity contribution in [3.63, 3.8) is 0 Å². The lowest BCUT2D eigenvalue weighted by molar-refractivity contribution is 0.0584. The molecule has 8 heteroatoms. The van der Waals surface area contributed by atoms with Crippen LogP contribution in [-0.4, -0.2) is 59.1 Å². The van der Waals surface area contributed by atoms with Crippen molar-refractivity contribution in [1.29, 1.82) is 0 Å². The van der Waals surface area contributed by atoms with Gasteiger partial charge in [-0.25, -0.2) is 0 Å². The Morgan fingerprint density at radius 3 is 1.31 bits per heavy atom. The Balaban J connectivity index is 1.90. The van der Waals surface area contributed by atoms with Gasteiger partial charge in [0, 0.05) is 46.1 Å². The van der Waals surface area contributed by atoms with E-state index in [1.807, 2.05) is 0 Å². The van der Waals surface area contributed by atoms with E-state index in [1.165, 1.54) is 12.1 Å². The molecule has 2 heterocycles. The SMILES string of the molecule is CCCCCCN1C(=O)c2cc(C=O)c3c4c(cc(C=O)c(c24)C1=O)C(=O)N(CCCCCC)C3=O. The molecule has 0 atom stereocenters. The van der Waals surface area contributed by atoms with Crippen LogP contribution in [-0.2, 0) is 0 Å². The third-order valence-electron chi connectivity index (χ3n) is 7.06. The highest BCUT2D eigenvalue weighted by Gasteiger charge is 2.42. The molecule has 4 amide bonds. The van der Waals surface area contributed by atoms with E-state index in [0.29, 0.717) is 25.4 Å². The van der Waals surface area contributed by atoms with Crippen LogP contribution in [0, 0.1) is 0 Å². The van der Waals surface area contributed by atoms with Crippen molar-refractivity contribution in [2.24, 2.45) is 0 Å². The van der Waals surface area contributed by atoms with E-state index in [2.05, 4.69) is 13.8 Å². The first-order valence-corrected chi connectivity index (χ1v) is 12.7. The molecule has 2 aliphatic rings. The van der Waals surface area contributed by atoms with Crippen molar-refractivity contribution in [2.45, 2.75) is 65.2 Å². The van der Waals surface area contributed by atoms with Gasteiger partial charge < -0.3 is 0 Å². The van der Waals surface area contributed by atoms with Gasteiger partial charge in [0.05, 0.1) is 11.1 Å². The second kappa shape index (κ2) is 10.5. The van der Waals surface area contributed by atoms with Gasteiger partial charge in [-0.1, -0.05) is 52.4 Å². The van der Waals surface area contributed by atoms with Crippen LogP contribution in [0.1, 0.15) is 127 Å². The highest BCUT2D eigenvalue weighted by atomic mass is 16.2. The van der Waals surface area contributed by atoms with Crippen LogP contribution >= 0.6 is 0 Å². The second-order valence-corrected chi connectivity index (χ2v) is 9.41. The summed E-state index contributed by atoms with van der Waals surface area (Å²) in [5, 5.41) is 0.227. The highest BCUT2D eigenvalue weighted by molar-refractivity contribution is 6.36. The van der Waals surface area contributed by atoms with Crippen molar-refractivity contribution in [3.05, 3.63) is 45.5 Å². The molecule has 0 N–H and O–H groups in total. The molecule has 0 aliphatic carbocycles. The number of aldehydes is 2. The normalized spacial score (nSPS) is 14.7. The monoisotopic (exact) mass is 490 g/mol. The summed E-state index contributed by atoms with van der Waals surface area (Å²) in [6.07, 6.45) is 7.81. The molecule has 0 unspecified atom stereocenters. The summed E-state index contributed by atoms with van der Waals surface area (Å²) in [4.78, 5) is 80.2. The van der Waals surface area contributed by atoms with E-state index < -0.39 is 23.6 Å². The van der Waals surface area contributed by atoms with Gasteiger partial charge in [0.25, 0.3) is 23.6 Å². The smallest absolute Gasteiger partial charge is 0.262 e. The lowest BCUT2D eigenvalue weighted by atomic mass is 9.81. The molecular formula is C28H30N2O6. The number of hydrogen-bond acceptors (Lipinski definition) is 6. The summed E-state index contributed by atoms with van der Waals surface area (Å²) in [7, 11) is 0. The number of hydrogen-bond donors (Lipinski definition) is 0. The van der Waals surface area contributed by atoms with Crippen molar-refractivity contribution in [1.82, 2.24) is 9.80 Å². The Hall–Kier alpha value is -3.68. The van der Waals surface area contributed by atoms with Gasteiger partial charge >= 0.3 is 0 Å². The number of imide groups is 2. The fourth-order valence-electron chi connectivity index (χ4n) is 5.21. The van der Waals surface area contributed by atoms with Crippen LogP contribution < -0.4 is 0 Å². The number of nitrogens with zero attached hydrogens (tertiary/aromatic N) is 2. The number of amides is 4. The molecule has 2 aromatic rings. The van der Waals surface area contributed by atoms with Gasteiger partial charge in [0.2, 0.25) is 0 Å².